The number of nitrogens with one attached hydrogen (secondary N) is 1. The van der Waals surface area contributed by atoms with Gasteiger partial charge >= 0.3 is 0 Å². The van der Waals surface area contributed by atoms with Gasteiger partial charge in [-0.25, -0.2) is 0 Å². The third-order valence-electron chi connectivity index (χ3n) is 5.41. The molecule has 1 aromatic heterocycles. The van der Waals surface area contributed by atoms with E-state index in [2.05, 4.69) is 57.7 Å². The van der Waals surface area contributed by atoms with Crippen molar-refractivity contribution in [1.82, 2.24) is 10.2 Å². The Balaban J connectivity index is 1.70. The first-order valence-corrected chi connectivity index (χ1v) is 9.93. The summed E-state index contributed by atoms with van der Waals surface area (Å²) >= 11 is 0. The van der Waals surface area contributed by atoms with Crippen LogP contribution in [-0.4, -0.2) is 36.5 Å². The van der Waals surface area contributed by atoms with E-state index in [9.17, 15) is 5.26 Å². The number of rotatable bonds is 4. The highest BCUT2D eigenvalue weighted by Gasteiger charge is 2.16. The molecule has 1 aliphatic heterocycles. The number of ether oxygens (including phenoxy) is 1. The average molecular weight is 387 g/mol. The molecule has 0 spiro atoms. The van der Waals surface area contributed by atoms with Crippen molar-refractivity contribution in [2.24, 2.45) is 0 Å². The van der Waals surface area contributed by atoms with E-state index in [1.165, 1.54) is 5.69 Å². The van der Waals surface area contributed by atoms with E-state index >= 15 is 0 Å². The van der Waals surface area contributed by atoms with Gasteiger partial charge in [0.15, 0.2) is 5.82 Å². The molecule has 2 aromatic carbocycles. The Labute approximate surface area is 171 Å². The van der Waals surface area contributed by atoms with Crippen molar-refractivity contribution >= 4 is 22.3 Å². The Bertz CT molecular complexity index is 1080. The molecule has 0 unspecified atom stereocenters. The Morgan fingerprint density at radius 1 is 1.07 bits per heavy atom. The predicted octanol–water partition coefficient (Wildman–Crippen LogP) is 4.13. The Morgan fingerprint density at radius 3 is 2.62 bits per heavy atom. The van der Waals surface area contributed by atoms with Gasteiger partial charge in [0.25, 0.3) is 0 Å². The summed E-state index contributed by atoms with van der Waals surface area (Å²) in [7, 11) is 0. The largest absolute Gasteiger partial charge is 0.378 e. The first-order chi connectivity index (χ1) is 14.0. The van der Waals surface area contributed by atoms with Crippen LogP contribution in [0.1, 0.15) is 35.3 Å². The first-order valence-electron chi connectivity index (χ1n) is 9.93. The molecule has 148 valence electrons. The number of aryl methyl sites for hydroxylation is 2. The summed E-state index contributed by atoms with van der Waals surface area (Å²) in [6.07, 6.45) is 0. The highest BCUT2D eigenvalue weighted by molar-refractivity contribution is 5.95. The highest BCUT2D eigenvalue weighted by atomic mass is 16.5. The lowest BCUT2D eigenvalue weighted by molar-refractivity contribution is 0.122. The number of benzene rings is 2. The van der Waals surface area contributed by atoms with Gasteiger partial charge in [0.1, 0.15) is 0 Å². The molecule has 1 atom stereocenters. The van der Waals surface area contributed by atoms with Crippen LogP contribution in [0.15, 0.2) is 36.4 Å². The normalized spacial score (nSPS) is 15.2. The summed E-state index contributed by atoms with van der Waals surface area (Å²) in [4.78, 5) is 2.34. The zero-order valence-corrected chi connectivity index (χ0v) is 17.1. The molecule has 1 saturated heterocycles. The van der Waals surface area contributed by atoms with Crippen LogP contribution in [0.3, 0.4) is 0 Å². The molecule has 4 rings (SSSR count). The van der Waals surface area contributed by atoms with Gasteiger partial charge in [-0.3, -0.25) is 0 Å². The predicted molar refractivity (Wildman–Crippen MR) is 115 cm³/mol. The molecule has 0 saturated carbocycles. The van der Waals surface area contributed by atoms with E-state index in [4.69, 9.17) is 4.74 Å². The van der Waals surface area contributed by atoms with Crippen LogP contribution in [0.4, 0.5) is 11.5 Å². The number of hydrogen-bond donors (Lipinski definition) is 1. The fourth-order valence-electron chi connectivity index (χ4n) is 3.82. The lowest BCUT2D eigenvalue weighted by Crippen LogP contribution is -2.36. The van der Waals surface area contributed by atoms with Crippen molar-refractivity contribution in [3.8, 4) is 6.07 Å². The zero-order valence-electron chi connectivity index (χ0n) is 17.1. The SMILES string of the molecule is Cc1cc(C#N)cc([C@@H](C)Nc2nnc(C)c3ccc(N4CCOCC4)cc23)c1. The van der Waals surface area contributed by atoms with Crippen molar-refractivity contribution in [1.29, 1.82) is 5.26 Å². The van der Waals surface area contributed by atoms with Gasteiger partial charge in [-0.05, 0) is 56.2 Å². The van der Waals surface area contributed by atoms with Gasteiger partial charge < -0.3 is 15.0 Å². The van der Waals surface area contributed by atoms with Gasteiger partial charge in [-0.2, -0.15) is 10.4 Å². The van der Waals surface area contributed by atoms with Crippen LogP contribution in [0.25, 0.3) is 10.8 Å². The third-order valence-corrected chi connectivity index (χ3v) is 5.41. The van der Waals surface area contributed by atoms with Gasteiger partial charge in [0.2, 0.25) is 0 Å². The van der Waals surface area contributed by atoms with E-state index < -0.39 is 0 Å². The van der Waals surface area contributed by atoms with E-state index in [1.807, 2.05) is 26.0 Å². The fraction of sp³-hybridized carbons (Fsp3) is 0.348. The van der Waals surface area contributed by atoms with Crippen LogP contribution < -0.4 is 10.2 Å². The van der Waals surface area contributed by atoms with Crippen LogP contribution in [0.5, 0.6) is 0 Å². The van der Waals surface area contributed by atoms with E-state index in [0.29, 0.717) is 5.56 Å². The van der Waals surface area contributed by atoms with Gasteiger partial charge in [0.05, 0.1) is 36.6 Å². The van der Waals surface area contributed by atoms with Gasteiger partial charge in [-0.1, -0.05) is 12.1 Å². The Kier molecular flexibility index (Phi) is 5.32. The topological polar surface area (TPSA) is 74.1 Å². The number of aromatic nitrogens is 2. The smallest absolute Gasteiger partial charge is 0.157 e. The minimum Gasteiger partial charge on any atom is -0.378 e. The molecule has 3 aromatic rings. The lowest BCUT2D eigenvalue weighted by Gasteiger charge is -2.29. The summed E-state index contributed by atoms with van der Waals surface area (Å²) in [5, 5.41) is 23.7. The number of nitrogens with zero attached hydrogens (tertiary/aromatic N) is 4. The van der Waals surface area contributed by atoms with E-state index in [1.54, 1.807) is 0 Å². The third kappa shape index (κ3) is 4.01. The second-order valence-corrected chi connectivity index (χ2v) is 7.57. The molecule has 0 bridgehead atoms. The van der Waals surface area contributed by atoms with Gasteiger partial charge in [-0.15, -0.1) is 5.10 Å². The number of anilines is 2. The van der Waals surface area contributed by atoms with Gasteiger partial charge in [0, 0.05) is 29.5 Å². The van der Waals surface area contributed by atoms with Crippen molar-refractivity contribution in [3.05, 3.63) is 58.8 Å². The van der Waals surface area contributed by atoms with Crippen LogP contribution in [0.2, 0.25) is 0 Å². The second kappa shape index (κ2) is 8.06. The molecule has 1 aliphatic rings. The Morgan fingerprint density at radius 2 is 1.86 bits per heavy atom. The molecule has 0 aliphatic carbocycles. The molecule has 6 nitrogen and oxygen atoms in total. The maximum Gasteiger partial charge on any atom is 0.157 e. The molecule has 0 radical (unpaired) electrons. The summed E-state index contributed by atoms with van der Waals surface area (Å²) in [5.74, 6) is 0.758. The molecule has 2 heterocycles. The standard InChI is InChI=1S/C23H25N5O/c1-15-10-18(14-24)12-19(11-15)16(2)25-23-22-13-20(28-6-8-29-9-7-28)4-5-21(22)17(3)26-27-23/h4-5,10-13,16H,6-9H2,1-3H3,(H,25,27)/t16-/m1/s1. The fourth-order valence-corrected chi connectivity index (χ4v) is 3.82. The maximum absolute atomic E-state index is 9.28. The summed E-state index contributed by atoms with van der Waals surface area (Å²) in [5.41, 5.74) is 4.88. The Hall–Kier alpha value is -3.17. The zero-order chi connectivity index (χ0) is 20.4. The number of hydrogen-bond acceptors (Lipinski definition) is 6. The quantitative estimate of drug-likeness (QED) is 0.726. The summed E-state index contributed by atoms with van der Waals surface area (Å²) in [6.45, 7) is 9.36. The van der Waals surface area contributed by atoms with Crippen molar-refractivity contribution in [2.75, 3.05) is 36.5 Å². The minimum atomic E-state index is -0.00533. The lowest BCUT2D eigenvalue weighted by atomic mass is 10.0. The number of fused-ring (bicyclic) bond motifs is 1. The van der Waals surface area contributed by atoms with Crippen molar-refractivity contribution in [2.45, 2.75) is 26.8 Å². The van der Waals surface area contributed by atoms with Crippen LogP contribution >= 0.6 is 0 Å². The van der Waals surface area contributed by atoms with E-state index in [-0.39, 0.29) is 6.04 Å². The molecule has 6 heteroatoms. The molecular formula is C23H25N5O. The molecule has 29 heavy (non-hydrogen) atoms. The summed E-state index contributed by atoms with van der Waals surface area (Å²) in [6, 6.07) is 14.6. The van der Waals surface area contributed by atoms with E-state index in [0.717, 1.165) is 59.7 Å². The van der Waals surface area contributed by atoms with Crippen molar-refractivity contribution in [3.63, 3.8) is 0 Å². The minimum absolute atomic E-state index is 0.00533. The average Bonchev–Trinajstić information content (AvgIpc) is 2.75. The van der Waals surface area contributed by atoms with Crippen LogP contribution in [0, 0.1) is 25.2 Å². The number of morpholine rings is 1. The van der Waals surface area contributed by atoms with Crippen LogP contribution in [-0.2, 0) is 4.74 Å². The second-order valence-electron chi connectivity index (χ2n) is 7.57. The molecular weight excluding hydrogens is 362 g/mol. The monoisotopic (exact) mass is 387 g/mol. The molecule has 1 N–H and O–H groups in total. The molecule has 0 amide bonds. The molecule has 1 fully saturated rings. The maximum atomic E-state index is 9.28. The summed E-state index contributed by atoms with van der Waals surface area (Å²) < 4.78 is 5.48. The first kappa shape index (κ1) is 19.2. The van der Waals surface area contributed by atoms with Crippen molar-refractivity contribution < 1.29 is 4.74 Å². The number of nitriles is 1. The highest BCUT2D eigenvalue weighted by Crippen LogP contribution is 2.30.